The van der Waals surface area contributed by atoms with Crippen molar-refractivity contribution in [1.29, 1.82) is 0 Å². The number of rotatable bonds is 3. The molecule has 0 bridgehead atoms. The molecule has 2 rings (SSSR count). The number of carbonyl (C=O) groups is 1. The van der Waals surface area contributed by atoms with E-state index in [0.29, 0.717) is 12.3 Å². The Morgan fingerprint density at radius 3 is 2.94 bits per heavy atom. The van der Waals surface area contributed by atoms with Gasteiger partial charge in [0.05, 0.1) is 0 Å². The maximum Gasteiger partial charge on any atom is 0.224 e. The molecule has 1 aliphatic rings. The molecule has 1 aromatic carbocycles. The van der Waals surface area contributed by atoms with E-state index >= 15 is 0 Å². The number of nitrogens with one attached hydrogen (secondary N) is 1. The van der Waals surface area contributed by atoms with E-state index in [4.69, 9.17) is 0 Å². The van der Waals surface area contributed by atoms with E-state index in [0.717, 1.165) is 18.7 Å². The Hall–Kier alpha value is -1.51. The van der Waals surface area contributed by atoms with Gasteiger partial charge in [-0.2, -0.15) is 0 Å². The molecule has 1 aliphatic heterocycles. The van der Waals surface area contributed by atoms with E-state index in [1.165, 1.54) is 11.3 Å². The zero-order chi connectivity index (χ0) is 12.4. The highest BCUT2D eigenvalue weighted by Gasteiger charge is 2.16. The van der Waals surface area contributed by atoms with E-state index in [-0.39, 0.29) is 5.91 Å². The number of anilines is 2. The average molecular weight is 232 g/mol. The summed E-state index contributed by atoms with van der Waals surface area (Å²) in [6.07, 6.45) is 1.68. The molecule has 92 valence electrons. The molecule has 0 aromatic heterocycles. The monoisotopic (exact) mass is 232 g/mol. The summed E-state index contributed by atoms with van der Waals surface area (Å²) in [6.45, 7) is 5.17. The minimum atomic E-state index is 0.0978. The predicted molar refractivity (Wildman–Crippen MR) is 71.5 cm³/mol. The summed E-state index contributed by atoms with van der Waals surface area (Å²) in [6, 6.07) is 6.18. The lowest BCUT2D eigenvalue weighted by Crippen LogP contribution is -2.15. The Kier molecular flexibility index (Phi) is 3.36. The predicted octanol–water partition coefficient (Wildman–Crippen LogP) is 2.66. The molecule has 1 N–H and O–H groups in total. The summed E-state index contributed by atoms with van der Waals surface area (Å²) >= 11 is 0. The van der Waals surface area contributed by atoms with Gasteiger partial charge in [0.15, 0.2) is 0 Å². The smallest absolute Gasteiger partial charge is 0.224 e. The number of carbonyl (C=O) groups excluding carboxylic acids is 1. The van der Waals surface area contributed by atoms with Gasteiger partial charge in [0, 0.05) is 31.4 Å². The molecule has 1 heterocycles. The summed E-state index contributed by atoms with van der Waals surface area (Å²) in [5.74, 6) is 0.493. The van der Waals surface area contributed by atoms with Crippen molar-refractivity contribution < 1.29 is 4.79 Å². The molecule has 0 spiro atoms. The molecule has 17 heavy (non-hydrogen) atoms. The van der Waals surface area contributed by atoms with Crippen LogP contribution in [0.3, 0.4) is 0 Å². The lowest BCUT2D eigenvalue weighted by atomic mass is 10.1. The van der Waals surface area contributed by atoms with Crippen molar-refractivity contribution in [1.82, 2.24) is 0 Å². The van der Waals surface area contributed by atoms with Crippen LogP contribution in [0, 0.1) is 5.92 Å². The van der Waals surface area contributed by atoms with Crippen LogP contribution in [0.4, 0.5) is 11.4 Å². The van der Waals surface area contributed by atoms with Crippen molar-refractivity contribution in [2.24, 2.45) is 5.92 Å². The molecule has 0 saturated heterocycles. The molecule has 0 radical (unpaired) electrons. The zero-order valence-electron chi connectivity index (χ0n) is 10.8. The largest absolute Gasteiger partial charge is 0.374 e. The number of amides is 1. The lowest BCUT2D eigenvalue weighted by molar-refractivity contribution is -0.116. The van der Waals surface area contributed by atoms with Gasteiger partial charge in [0.2, 0.25) is 5.91 Å². The lowest BCUT2D eigenvalue weighted by Gasteiger charge is -2.14. The van der Waals surface area contributed by atoms with E-state index < -0.39 is 0 Å². The third-order valence-electron chi connectivity index (χ3n) is 3.09. The highest BCUT2D eigenvalue weighted by atomic mass is 16.1. The van der Waals surface area contributed by atoms with Crippen LogP contribution in [-0.4, -0.2) is 19.5 Å². The van der Waals surface area contributed by atoms with Crippen molar-refractivity contribution in [3.63, 3.8) is 0 Å². The van der Waals surface area contributed by atoms with Crippen LogP contribution in [0.5, 0.6) is 0 Å². The molecule has 0 atom stereocenters. The molecular formula is C14H20N2O. The Balaban J connectivity index is 2.08. The second-order valence-electron chi connectivity index (χ2n) is 5.16. The maximum absolute atomic E-state index is 11.7. The fourth-order valence-electron chi connectivity index (χ4n) is 2.20. The molecule has 3 nitrogen and oxygen atoms in total. The minimum Gasteiger partial charge on any atom is -0.374 e. The number of fused-ring (bicyclic) bond motifs is 1. The van der Waals surface area contributed by atoms with Gasteiger partial charge in [0.25, 0.3) is 0 Å². The van der Waals surface area contributed by atoms with Gasteiger partial charge in [0.1, 0.15) is 0 Å². The van der Waals surface area contributed by atoms with Gasteiger partial charge in [-0.1, -0.05) is 19.9 Å². The van der Waals surface area contributed by atoms with Crippen LogP contribution in [0.15, 0.2) is 18.2 Å². The fraction of sp³-hybridized carbons (Fsp3) is 0.500. The van der Waals surface area contributed by atoms with Crippen molar-refractivity contribution >= 4 is 17.3 Å². The van der Waals surface area contributed by atoms with Crippen LogP contribution in [-0.2, 0) is 11.2 Å². The van der Waals surface area contributed by atoms with Crippen LogP contribution in [0.2, 0.25) is 0 Å². The molecule has 1 aromatic rings. The van der Waals surface area contributed by atoms with Crippen LogP contribution in [0.1, 0.15) is 25.8 Å². The van der Waals surface area contributed by atoms with E-state index in [9.17, 15) is 4.79 Å². The first-order valence-corrected chi connectivity index (χ1v) is 6.20. The van der Waals surface area contributed by atoms with E-state index in [2.05, 4.69) is 43.2 Å². The van der Waals surface area contributed by atoms with Crippen molar-refractivity contribution in [3.8, 4) is 0 Å². The number of hydrogen-bond acceptors (Lipinski definition) is 2. The van der Waals surface area contributed by atoms with Gasteiger partial charge in [-0.05, 0) is 30.0 Å². The highest BCUT2D eigenvalue weighted by molar-refractivity contribution is 5.91. The quantitative estimate of drug-likeness (QED) is 0.869. The van der Waals surface area contributed by atoms with Gasteiger partial charge in [-0.15, -0.1) is 0 Å². The second kappa shape index (κ2) is 4.78. The molecule has 0 saturated carbocycles. The Labute approximate surface area is 103 Å². The van der Waals surface area contributed by atoms with Crippen LogP contribution < -0.4 is 10.2 Å². The third kappa shape index (κ3) is 2.78. The molecule has 0 aliphatic carbocycles. The Morgan fingerprint density at radius 1 is 1.47 bits per heavy atom. The number of likely N-dealkylation sites (N-methyl/N-ethyl adjacent to an activating group) is 1. The van der Waals surface area contributed by atoms with Gasteiger partial charge in [-0.3, -0.25) is 4.79 Å². The fourth-order valence-corrected chi connectivity index (χ4v) is 2.20. The van der Waals surface area contributed by atoms with Crippen LogP contribution >= 0.6 is 0 Å². The Bertz CT molecular complexity index is 426. The second-order valence-corrected chi connectivity index (χ2v) is 5.16. The number of benzene rings is 1. The van der Waals surface area contributed by atoms with Crippen molar-refractivity contribution in [3.05, 3.63) is 23.8 Å². The van der Waals surface area contributed by atoms with Crippen molar-refractivity contribution in [2.75, 3.05) is 23.8 Å². The standard InChI is InChI=1S/C14H20N2O/c1-10(2)8-14(17)15-12-5-4-11-6-7-16(3)13(11)9-12/h4-5,9-10H,6-8H2,1-3H3,(H,15,17). The average Bonchev–Trinajstić information content (AvgIpc) is 2.59. The molecule has 1 amide bonds. The first kappa shape index (κ1) is 12.0. The van der Waals surface area contributed by atoms with Crippen LogP contribution in [0.25, 0.3) is 0 Å². The Morgan fingerprint density at radius 2 is 2.24 bits per heavy atom. The summed E-state index contributed by atoms with van der Waals surface area (Å²) in [5, 5.41) is 2.96. The van der Waals surface area contributed by atoms with E-state index in [1.54, 1.807) is 0 Å². The zero-order valence-corrected chi connectivity index (χ0v) is 10.8. The topological polar surface area (TPSA) is 32.3 Å². The summed E-state index contributed by atoms with van der Waals surface area (Å²) < 4.78 is 0. The normalized spacial score (nSPS) is 14.0. The first-order chi connectivity index (χ1) is 8.06. The molecule has 0 unspecified atom stereocenters. The first-order valence-electron chi connectivity index (χ1n) is 6.20. The number of nitrogens with zero attached hydrogens (tertiary/aromatic N) is 1. The highest BCUT2D eigenvalue weighted by Crippen LogP contribution is 2.29. The summed E-state index contributed by atoms with van der Waals surface area (Å²) in [4.78, 5) is 13.9. The minimum absolute atomic E-state index is 0.0978. The summed E-state index contributed by atoms with van der Waals surface area (Å²) in [7, 11) is 2.09. The van der Waals surface area contributed by atoms with Gasteiger partial charge < -0.3 is 10.2 Å². The number of hydrogen-bond donors (Lipinski definition) is 1. The molecule has 3 heteroatoms. The summed E-state index contributed by atoms with van der Waals surface area (Å²) in [5.41, 5.74) is 3.52. The van der Waals surface area contributed by atoms with Crippen molar-refractivity contribution in [2.45, 2.75) is 26.7 Å². The maximum atomic E-state index is 11.7. The van der Waals surface area contributed by atoms with Gasteiger partial charge >= 0.3 is 0 Å². The van der Waals surface area contributed by atoms with E-state index in [1.807, 2.05) is 6.07 Å². The molecular weight excluding hydrogens is 212 g/mol. The third-order valence-corrected chi connectivity index (χ3v) is 3.09. The molecule has 0 fully saturated rings. The van der Waals surface area contributed by atoms with Gasteiger partial charge in [-0.25, -0.2) is 0 Å². The SMILES string of the molecule is CC(C)CC(=O)Nc1ccc2c(c1)N(C)CC2.